The van der Waals surface area contributed by atoms with E-state index in [9.17, 15) is 38.2 Å². The highest BCUT2D eigenvalue weighted by atomic mass is 19.1. The maximum atomic E-state index is 13.4. The molecule has 12 heteroatoms. The summed E-state index contributed by atoms with van der Waals surface area (Å²) in [5.74, 6) is -5.83. The molecule has 0 aliphatic carbocycles. The van der Waals surface area contributed by atoms with Crippen molar-refractivity contribution in [3.8, 4) is 0 Å². The van der Waals surface area contributed by atoms with E-state index in [2.05, 4.69) is 0 Å². The maximum Gasteiger partial charge on any atom is 0.328 e. The number of carboxylic acid groups (broad SMARTS) is 4. The number of aliphatic carboxylic acids is 4. The van der Waals surface area contributed by atoms with Crippen LogP contribution in [0.15, 0.2) is 72.8 Å². The fourth-order valence-corrected chi connectivity index (χ4v) is 5.49. The Morgan fingerprint density at radius 3 is 1.70 bits per heavy atom. The Hall–Kier alpha value is -4.42. The molecule has 0 radical (unpaired) electrons. The number of rotatable bonds is 10. The summed E-state index contributed by atoms with van der Waals surface area (Å²) in [5.41, 5.74) is 2.23. The fourth-order valence-electron chi connectivity index (χ4n) is 5.49. The predicted octanol–water partition coefficient (Wildman–Crippen LogP) is -1.03. The van der Waals surface area contributed by atoms with Gasteiger partial charge in [-0.3, -0.25) is 0 Å². The maximum absolute atomic E-state index is 13.4. The Balaban J connectivity index is 0.000000349. The number of carboxylic acids is 4. The van der Waals surface area contributed by atoms with Crippen LogP contribution in [-0.2, 0) is 19.2 Å². The van der Waals surface area contributed by atoms with Crippen LogP contribution in [0.3, 0.4) is 0 Å². The van der Waals surface area contributed by atoms with E-state index in [0.29, 0.717) is 24.3 Å². The van der Waals surface area contributed by atoms with Gasteiger partial charge >= 0.3 is 11.9 Å². The van der Waals surface area contributed by atoms with Gasteiger partial charge in [-0.05, 0) is 73.2 Å². The van der Waals surface area contributed by atoms with Gasteiger partial charge in [-0.2, -0.15) is 0 Å². The van der Waals surface area contributed by atoms with Crippen molar-refractivity contribution in [2.45, 2.75) is 44.1 Å². The molecule has 2 aliphatic heterocycles. The van der Waals surface area contributed by atoms with Crippen LogP contribution in [-0.4, -0.2) is 72.9 Å². The Kier molecular flexibility index (Phi) is 15.4. The molecule has 44 heavy (non-hydrogen) atoms. The third-order valence-corrected chi connectivity index (χ3v) is 7.50. The van der Waals surface area contributed by atoms with Crippen molar-refractivity contribution in [1.82, 2.24) is 0 Å². The highest BCUT2D eigenvalue weighted by Crippen LogP contribution is 2.29. The number of hydrogen-bond acceptors (Lipinski definition) is 6. The number of benzene rings is 2. The molecule has 238 valence electrons. The summed E-state index contributed by atoms with van der Waals surface area (Å²) in [6, 6.07) is 14.5. The van der Waals surface area contributed by atoms with Crippen molar-refractivity contribution in [2.24, 2.45) is 0 Å². The van der Waals surface area contributed by atoms with Gasteiger partial charge in [-0.15, -0.1) is 0 Å². The minimum Gasteiger partial charge on any atom is -0.545 e. The van der Waals surface area contributed by atoms with E-state index in [1.807, 2.05) is 29.2 Å². The average molecular weight is 617 g/mol. The molecule has 0 amide bonds. The highest BCUT2D eigenvalue weighted by Gasteiger charge is 2.34. The van der Waals surface area contributed by atoms with E-state index in [1.54, 1.807) is 4.90 Å². The van der Waals surface area contributed by atoms with E-state index in [-0.39, 0.29) is 17.6 Å². The predicted molar refractivity (Wildman–Crippen MR) is 151 cm³/mol. The third kappa shape index (κ3) is 14.2. The minimum atomic E-state index is -1.51. The van der Waals surface area contributed by atoms with Crippen molar-refractivity contribution >= 4 is 23.9 Å². The van der Waals surface area contributed by atoms with Gasteiger partial charge in [0.25, 0.3) is 0 Å². The molecular formula is C32H38F2N2O8. The Bertz CT molecular complexity index is 1170. The van der Waals surface area contributed by atoms with Crippen LogP contribution >= 0.6 is 0 Å². The number of nitrogens with one attached hydrogen (secondary N) is 2. The first-order valence-electron chi connectivity index (χ1n) is 14.4. The number of halogens is 2. The lowest BCUT2D eigenvalue weighted by Crippen LogP contribution is -3.31. The number of carbonyl (C=O) groups excluding carboxylic acids is 2. The van der Waals surface area contributed by atoms with Crippen LogP contribution in [0.4, 0.5) is 8.78 Å². The summed E-state index contributed by atoms with van der Waals surface area (Å²) in [7, 11) is 0. The lowest BCUT2D eigenvalue weighted by molar-refractivity contribution is -1.03. The smallest absolute Gasteiger partial charge is 0.328 e. The zero-order chi connectivity index (χ0) is 32.5. The topological polar surface area (TPSA) is 164 Å². The second kappa shape index (κ2) is 19.0. The number of hydrogen-bond donors (Lipinski definition) is 4. The van der Waals surface area contributed by atoms with E-state index >= 15 is 0 Å². The van der Waals surface area contributed by atoms with Gasteiger partial charge in [0.1, 0.15) is 37.3 Å². The number of piperidine rings is 1. The summed E-state index contributed by atoms with van der Waals surface area (Å²) in [4.78, 5) is 41.5. The minimum absolute atomic E-state index is 0.196. The van der Waals surface area contributed by atoms with Crippen LogP contribution in [0, 0.1) is 11.6 Å². The van der Waals surface area contributed by atoms with Gasteiger partial charge < -0.3 is 39.8 Å². The van der Waals surface area contributed by atoms with E-state index < -0.39 is 23.9 Å². The quantitative estimate of drug-likeness (QED) is 0.246. The van der Waals surface area contributed by atoms with Crippen LogP contribution in [0.2, 0.25) is 0 Å². The molecule has 2 fully saturated rings. The van der Waals surface area contributed by atoms with Crippen LogP contribution in [0.25, 0.3) is 0 Å². The van der Waals surface area contributed by atoms with E-state index in [4.69, 9.17) is 10.2 Å². The number of piperazine rings is 1. The summed E-state index contributed by atoms with van der Waals surface area (Å²) >= 11 is 0. The van der Waals surface area contributed by atoms with Crippen LogP contribution in [0.5, 0.6) is 0 Å². The lowest BCUT2D eigenvalue weighted by Gasteiger charge is -2.39. The van der Waals surface area contributed by atoms with Crippen LogP contribution < -0.4 is 20.0 Å². The monoisotopic (exact) mass is 616 g/mol. The van der Waals surface area contributed by atoms with Gasteiger partial charge in [0.05, 0.1) is 25.0 Å². The molecule has 0 saturated carbocycles. The molecule has 0 spiro atoms. The van der Waals surface area contributed by atoms with Crippen molar-refractivity contribution in [1.29, 1.82) is 0 Å². The Morgan fingerprint density at radius 1 is 0.773 bits per heavy atom. The summed E-state index contributed by atoms with van der Waals surface area (Å²) in [5, 5.41) is 34.5. The highest BCUT2D eigenvalue weighted by molar-refractivity contribution is 5.89. The second-order valence-electron chi connectivity index (χ2n) is 10.6. The molecule has 10 nitrogen and oxygen atoms in total. The molecule has 2 saturated heterocycles. The lowest BCUT2D eigenvalue weighted by atomic mass is 9.87. The van der Waals surface area contributed by atoms with Crippen molar-refractivity contribution in [3.63, 3.8) is 0 Å². The number of fused-ring (bicyclic) bond motifs is 1. The first kappa shape index (κ1) is 35.8. The summed E-state index contributed by atoms with van der Waals surface area (Å²) in [6.45, 7) is 6.48. The molecule has 3 unspecified atom stereocenters. The summed E-state index contributed by atoms with van der Waals surface area (Å²) in [6.07, 6.45) is 8.23. The molecular weight excluding hydrogens is 578 g/mol. The zero-order valence-electron chi connectivity index (χ0n) is 24.3. The first-order valence-corrected chi connectivity index (χ1v) is 14.4. The van der Waals surface area contributed by atoms with Gasteiger partial charge in [-0.1, -0.05) is 24.3 Å². The summed E-state index contributed by atoms with van der Waals surface area (Å²) < 4.78 is 26.8. The molecule has 3 atom stereocenters. The third-order valence-electron chi connectivity index (χ3n) is 7.50. The van der Waals surface area contributed by atoms with Gasteiger partial charge in [0.2, 0.25) is 0 Å². The molecule has 2 aromatic rings. The van der Waals surface area contributed by atoms with Crippen molar-refractivity contribution < 1.29 is 58.2 Å². The Morgan fingerprint density at radius 2 is 1.27 bits per heavy atom. The van der Waals surface area contributed by atoms with E-state index in [1.165, 1.54) is 76.3 Å². The van der Waals surface area contributed by atoms with Gasteiger partial charge in [-0.25, -0.2) is 18.4 Å². The zero-order valence-corrected chi connectivity index (χ0v) is 24.3. The molecule has 2 heterocycles. The molecule has 4 rings (SSSR count). The van der Waals surface area contributed by atoms with Crippen LogP contribution in [0.1, 0.15) is 49.1 Å². The number of quaternary nitrogens is 2. The fraction of sp³-hybridized carbons (Fsp3) is 0.375. The van der Waals surface area contributed by atoms with E-state index in [0.717, 1.165) is 30.0 Å². The second-order valence-corrected chi connectivity index (χ2v) is 10.6. The van der Waals surface area contributed by atoms with Gasteiger partial charge in [0.15, 0.2) is 0 Å². The molecule has 0 aromatic heterocycles. The molecule has 4 N–H and O–H groups in total. The normalized spacial score (nSPS) is 19.3. The number of carbonyl (C=O) groups is 4. The van der Waals surface area contributed by atoms with Crippen molar-refractivity contribution in [3.05, 3.63) is 95.6 Å². The van der Waals surface area contributed by atoms with Crippen molar-refractivity contribution in [2.75, 3.05) is 32.7 Å². The molecule has 2 aliphatic rings. The first-order chi connectivity index (χ1) is 20.9. The largest absolute Gasteiger partial charge is 0.545 e. The SMILES string of the molecule is Fc1ccc(C(CCC[NH+]2CC[NH+]3CCCCC3C2)c2ccc(F)cc2)cc1.O=C([O-])/C=C\C(=O)O.O=C([O-])/C=C\C(=O)O. The van der Waals surface area contributed by atoms with Gasteiger partial charge in [0, 0.05) is 24.5 Å². The average Bonchev–Trinajstić information content (AvgIpc) is 2.99. The molecule has 2 aromatic carbocycles. The Labute approximate surface area is 254 Å². The molecule has 0 bridgehead atoms. The standard InChI is InChI=1S/C24H30F2N2.2C4H4O4/c25-21-10-6-19(7-11-21)24(20-8-12-22(26)13-9-20)5-3-14-27-16-17-28-15-2-1-4-23(28)18-27;2*5-3(6)1-2-4(7)8/h6-13,23-24H,1-5,14-18H2;2*1-2H,(H,5,6)(H,7,8)/b;2*2-1-.